The summed E-state index contributed by atoms with van der Waals surface area (Å²) >= 11 is 0. The number of hydrogen-bond donors (Lipinski definition) is 5. The second-order valence-electron chi connectivity index (χ2n) is 9.82. The van der Waals surface area contributed by atoms with E-state index < -0.39 is 0 Å². The number of ether oxygens (including phenoxy) is 1. The van der Waals surface area contributed by atoms with Gasteiger partial charge in [0, 0.05) is 17.4 Å². The standard InChI is InChI=1S/C25H29N7O3.C7H7F/c1-16-11-19(14-20(12-16)34-3)28-24-25(30-22-10-5-4-9-21(22)29-24)32-35-31-18-8-6-7-17(13-18)27-23(33)15-26-2;1-6-3-2-4-7(8)5-6/h4,6-9,11-14,26,31H,5,10,15H2,1-3H3,(H,27,33)(H,28,29)(H,30,32);2-5H,1H3. The van der Waals surface area contributed by atoms with Gasteiger partial charge >= 0.3 is 0 Å². The summed E-state index contributed by atoms with van der Waals surface area (Å²) in [5, 5.41) is 8.94. The Hall–Kier alpha value is -5.00. The molecule has 10 nitrogen and oxygen atoms in total. The zero-order valence-corrected chi connectivity index (χ0v) is 24.6. The number of likely N-dealkylation sites (N-methyl/N-ethyl adjacent to an activating group) is 1. The number of fused-ring (bicyclic) bond motifs is 1. The average Bonchev–Trinajstić information content (AvgIpc) is 2.97. The number of allylic oxidation sites excluding steroid dienone is 1. The first-order chi connectivity index (χ1) is 20.8. The van der Waals surface area contributed by atoms with Crippen molar-refractivity contribution in [2.75, 3.05) is 42.3 Å². The Kier molecular flexibility index (Phi) is 11.0. The lowest BCUT2D eigenvalue weighted by Gasteiger charge is -2.17. The van der Waals surface area contributed by atoms with Gasteiger partial charge in [-0.1, -0.05) is 24.3 Å². The van der Waals surface area contributed by atoms with Crippen LogP contribution in [0.2, 0.25) is 0 Å². The summed E-state index contributed by atoms with van der Waals surface area (Å²) in [5.41, 5.74) is 11.5. The van der Waals surface area contributed by atoms with Crippen molar-refractivity contribution in [3.05, 3.63) is 101 Å². The van der Waals surface area contributed by atoms with E-state index >= 15 is 0 Å². The van der Waals surface area contributed by atoms with Crippen molar-refractivity contribution < 1.29 is 18.9 Å². The molecule has 11 heteroatoms. The third kappa shape index (κ3) is 9.52. The number of aromatic nitrogens is 2. The van der Waals surface area contributed by atoms with E-state index in [0.29, 0.717) is 23.0 Å². The van der Waals surface area contributed by atoms with E-state index in [2.05, 4.69) is 33.0 Å². The summed E-state index contributed by atoms with van der Waals surface area (Å²) in [7, 11) is 3.35. The van der Waals surface area contributed by atoms with Crippen molar-refractivity contribution in [3.8, 4) is 5.75 Å². The summed E-state index contributed by atoms with van der Waals surface area (Å²) in [6.45, 7) is 4.09. The maximum absolute atomic E-state index is 12.2. The van der Waals surface area contributed by atoms with Gasteiger partial charge in [0.1, 0.15) is 11.6 Å². The maximum atomic E-state index is 12.2. The highest BCUT2D eigenvalue weighted by molar-refractivity contribution is 5.92. The van der Waals surface area contributed by atoms with Gasteiger partial charge in [0.2, 0.25) is 5.91 Å². The molecule has 4 aromatic rings. The van der Waals surface area contributed by atoms with E-state index in [9.17, 15) is 9.18 Å². The fraction of sp³-hybridized carbons (Fsp3) is 0.219. The average molecular weight is 586 g/mol. The number of carbonyl (C=O) groups excluding carboxylic acids is 1. The van der Waals surface area contributed by atoms with Gasteiger partial charge in [0.15, 0.2) is 11.6 Å². The Morgan fingerprint density at radius 1 is 0.907 bits per heavy atom. The van der Waals surface area contributed by atoms with Crippen LogP contribution in [0.1, 0.15) is 28.9 Å². The second-order valence-corrected chi connectivity index (χ2v) is 9.82. The topological polar surface area (TPSA) is 121 Å². The number of hydrogen-bond acceptors (Lipinski definition) is 9. The predicted molar refractivity (Wildman–Crippen MR) is 169 cm³/mol. The number of aryl methyl sites for hydroxylation is 3. The molecule has 0 atom stereocenters. The molecule has 43 heavy (non-hydrogen) atoms. The van der Waals surface area contributed by atoms with Crippen molar-refractivity contribution in [3.63, 3.8) is 0 Å². The third-order valence-electron chi connectivity index (χ3n) is 6.15. The number of methoxy groups -OCH3 is 1. The predicted octanol–water partition coefficient (Wildman–Crippen LogP) is 6.16. The number of nitrogens with zero attached hydrogens (tertiary/aromatic N) is 2. The van der Waals surface area contributed by atoms with Gasteiger partial charge in [0.25, 0.3) is 0 Å². The Morgan fingerprint density at radius 3 is 2.47 bits per heavy atom. The summed E-state index contributed by atoms with van der Waals surface area (Å²) in [4.78, 5) is 26.9. The Morgan fingerprint density at radius 2 is 1.72 bits per heavy atom. The molecular formula is C32H36FN7O3. The molecule has 0 fully saturated rings. The molecule has 0 saturated heterocycles. The minimum Gasteiger partial charge on any atom is -0.497 e. The second kappa shape index (κ2) is 15.3. The van der Waals surface area contributed by atoms with Gasteiger partial charge in [-0.3, -0.25) is 4.79 Å². The van der Waals surface area contributed by atoms with E-state index in [1.54, 1.807) is 32.4 Å². The zero-order valence-electron chi connectivity index (χ0n) is 24.6. The van der Waals surface area contributed by atoms with Gasteiger partial charge in [-0.15, -0.1) is 0 Å². The van der Waals surface area contributed by atoms with Crippen molar-refractivity contribution in [1.82, 2.24) is 15.3 Å². The normalized spacial score (nSPS) is 11.5. The minimum absolute atomic E-state index is 0.134. The van der Waals surface area contributed by atoms with Crippen LogP contribution in [-0.2, 0) is 16.2 Å². The Labute approximate surface area is 250 Å². The third-order valence-corrected chi connectivity index (χ3v) is 6.15. The molecule has 224 valence electrons. The summed E-state index contributed by atoms with van der Waals surface area (Å²) < 4.78 is 17.6. The van der Waals surface area contributed by atoms with E-state index in [1.807, 2.05) is 56.3 Å². The summed E-state index contributed by atoms with van der Waals surface area (Å²) in [6, 6.07) is 19.5. The molecule has 1 aliphatic rings. The molecule has 0 unspecified atom stereocenters. The molecule has 1 aliphatic carbocycles. The van der Waals surface area contributed by atoms with Crippen LogP contribution in [-0.4, -0.2) is 36.6 Å². The number of halogens is 1. The van der Waals surface area contributed by atoms with Crippen LogP contribution in [0, 0.1) is 19.7 Å². The van der Waals surface area contributed by atoms with E-state index in [4.69, 9.17) is 19.6 Å². The molecule has 3 aromatic carbocycles. The molecule has 1 aromatic heterocycles. The lowest BCUT2D eigenvalue weighted by molar-refractivity contribution is -0.115. The number of benzene rings is 3. The van der Waals surface area contributed by atoms with E-state index in [1.165, 1.54) is 12.1 Å². The molecule has 0 radical (unpaired) electrons. The molecule has 5 rings (SSSR count). The van der Waals surface area contributed by atoms with Crippen LogP contribution >= 0.6 is 0 Å². The van der Waals surface area contributed by atoms with Gasteiger partial charge < -0.3 is 20.7 Å². The molecule has 1 amide bonds. The molecule has 0 spiro atoms. The summed E-state index contributed by atoms with van der Waals surface area (Å²) in [5.74, 6) is 1.39. The van der Waals surface area contributed by atoms with Crippen LogP contribution in [0.4, 0.5) is 33.1 Å². The number of rotatable bonds is 10. The molecule has 1 heterocycles. The highest BCUT2D eigenvalue weighted by Crippen LogP contribution is 2.29. The largest absolute Gasteiger partial charge is 0.497 e. The highest BCUT2D eigenvalue weighted by Gasteiger charge is 2.15. The van der Waals surface area contributed by atoms with Gasteiger partial charge in [-0.25, -0.2) is 25.3 Å². The monoisotopic (exact) mass is 585 g/mol. The quantitative estimate of drug-likeness (QED) is 0.139. The molecule has 0 bridgehead atoms. The lowest BCUT2D eigenvalue weighted by atomic mass is 10.1. The number of amides is 1. The van der Waals surface area contributed by atoms with Crippen LogP contribution in [0.25, 0.3) is 6.08 Å². The van der Waals surface area contributed by atoms with Crippen molar-refractivity contribution in [2.45, 2.75) is 26.7 Å². The number of anilines is 5. The molecule has 0 saturated carbocycles. The van der Waals surface area contributed by atoms with Gasteiger partial charge in [0.05, 0.1) is 30.7 Å². The SMILES string of the molecule is CNCC(=O)Nc1cccc(NONc2nc3c(nc2Nc2cc(C)cc(OC)c2)C=CCC3)c1.Cc1cccc(F)c1. The van der Waals surface area contributed by atoms with E-state index in [-0.39, 0.29) is 18.3 Å². The smallest absolute Gasteiger partial charge is 0.238 e. The highest BCUT2D eigenvalue weighted by atomic mass is 19.1. The van der Waals surface area contributed by atoms with Crippen LogP contribution in [0.3, 0.4) is 0 Å². The van der Waals surface area contributed by atoms with Crippen molar-refractivity contribution in [2.24, 2.45) is 0 Å². The zero-order chi connectivity index (χ0) is 30.6. The fourth-order valence-corrected chi connectivity index (χ4v) is 4.21. The minimum atomic E-state index is -0.162. The van der Waals surface area contributed by atoms with Gasteiger partial charge in [-0.2, -0.15) is 4.94 Å². The molecule has 5 N–H and O–H groups in total. The maximum Gasteiger partial charge on any atom is 0.238 e. The first-order valence-corrected chi connectivity index (χ1v) is 13.8. The first kappa shape index (κ1) is 30.9. The number of carbonyl (C=O) groups is 1. The first-order valence-electron chi connectivity index (χ1n) is 13.8. The molecular weight excluding hydrogens is 549 g/mol. The molecule has 0 aliphatic heterocycles. The Balaban J connectivity index is 0.000000458. The lowest BCUT2D eigenvalue weighted by Crippen LogP contribution is -2.25. The van der Waals surface area contributed by atoms with Crippen molar-refractivity contribution >= 4 is 40.7 Å². The Bertz CT molecular complexity index is 1560. The van der Waals surface area contributed by atoms with Crippen LogP contribution in [0.15, 0.2) is 72.8 Å². The van der Waals surface area contributed by atoms with Crippen LogP contribution < -0.4 is 31.6 Å². The van der Waals surface area contributed by atoms with E-state index in [0.717, 1.165) is 46.8 Å². The summed E-state index contributed by atoms with van der Waals surface area (Å²) in [6.07, 6.45) is 5.77. The van der Waals surface area contributed by atoms with Crippen LogP contribution in [0.5, 0.6) is 5.75 Å². The fourth-order valence-electron chi connectivity index (χ4n) is 4.21. The van der Waals surface area contributed by atoms with Gasteiger partial charge in [-0.05, 0) is 93.4 Å². The number of nitrogens with one attached hydrogen (secondary N) is 5. The van der Waals surface area contributed by atoms with Crippen molar-refractivity contribution in [1.29, 1.82) is 0 Å².